The third-order valence-electron chi connectivity index (χ3n) is 5.71. The van der Waals surface area contributed by atoms with Gasteiger partial charge in [-0.1, -0.05) is 6.07 Å². The average molecular weight is 459 g/mol. The summed E-state index contributed by atoms with van der Waals surface area (Å²) in [5.41, 5.74) is 3.73. The fraction of sp³-hybridized carbons (Fsp3) is 0.154. The monoisotopic (exact) mass is 458 g/mol. The van der Waals surface area contributed by atoms with Gasteiger partial charge >= 0.3 is 0 Å². The summed E-state index contributed by atoms with van der Waals surface area (Å²) in [6.45, 7) is 2.57. The second-order valence-electron chi connectivity index (χ2n) is 7.70. The Balaban J connectivity index is 1.62. The molecule has 7 heteroatoms. The molecule has 2 aromatic carbocycles. The summed E-state index contributed by atoms with van der Waals surface area (Å²) in [5, 5.41) is 4.09. The van der Waals surface area contributed by atoms with Crippen molar-refractivity contribution in [2.75, 3.05) is 11.5 Å². The number of pyridine rings is 1. The van der Waals surface area contributed by atoms with Crippen molar-refractivity contribution in [2.45, 2.75) is 19.0 Å². The van der Waals surface area contributed by atoms with E-state index in [0.29, 0.717) is 11.7 Å². The van der Waals surface area contributed by atoms with Gasteiger partial charge < -0.3 is 19.5 Å². The predicted molar refractivity (Wildman–Crippen MR) is 131 cm³/mol. The van der Waals surface area contributed by atoms with Crippen LogP contribution >= 0.6 is 12.2 Å². The Kier molecular flexibility index (Phi) is 5.79. The van der Waals surface area contributed by atoms with Crippen LogP contribution in [0.3, 0.4) is 0 Å². The third-order valence-corrected chi connectivity index (χ3v) is 6.03. The van der Waals surface area contributed by atoms with Crippen LogP contribution in [-0.2, 0) is 0 Å². The zero-order chi connectivity index (χ0) is 22.8. The van der Waals surface area contributed by atoms with Crippen LogP contribution in [0.15, 0.2) is 91.3 Å². The van der Waals surface area contributed by atoms with Crippen molar-refractivity contribution in [3.05, 3.63) is 108 Å². The summed E-state index contributed by atoms with van der Waals surface area (Å²) in [4.78, 5) is 6.72. The third kappa shape index (κ3) is 4.07. The number of rotatable bonds is 6. The molecule has 0 bridgehead atoms. The molecule has 0 saturated carbocycles. The SMILES string of the molecule is CCOc1ccc(N2C(=S)N[C@H](c3ccccn3)[C@H]2c2cccn2-c2ccc(F)cc2)cc1. The number of benzene rings is 2. The van der Waals surface area contributed by atoms with Crippen LogP contribution in [0.2, 0.25) is 0 Å². The molecule has 0 spiro atoms. The highest BCUT2D eigenvalue weighted by atomic mass is 32.1. The maximum absolute atomic E-state index is 13.6. The van der Waals surface area contributed by atoms with E-state index >= 15 is 0 Å². The summed E-state index contributed by atoms with van der Waals surface area (Å²) >= 11 is 5.81. The zero-order valence-electron chi connectivity index (χ0n) is 18.1. The Bertz CT molecular complexity index is 1240. The minimum Gasteiger partial charge on any atom is -0.494 e. The molecule has 0 unspecified atom stereocenters. The first-order valence-electron chi connectivity index (χ1n) is 10.8. The number of halogens is 1. The molecule has 1 fully saturated rings. The molecule has 0 aliphatic carbocycles. The predicted octanol–water partition coefficient (Wildman–Crippen LogP) is 5.59. The molecule has 166 valence electrons. The molecule has 0 amide bonds. The van der Waals surface area contributed by atoms with E-state index in [1.165, 1.54) is 12.1 Å². The summed E-state index contributed by atoms with van der Waals surface area (Å²) in [7, 11) is 0. The van der Waals surface area contributed by atoms with E-state index in [1.54, 1.807) is 18.3 Å². The first-order chi connectivity index (χ1) is 16.2. The minimum absolute atomic E-state index is 0.167. The molecular formula is C26H23FN4OS. The van der Waals surface area contributed by atoms with Crippen molar-refractivity contribution >= 4 is 23.0 Å². The van der Waals surface area contributed by atoms with E-state index in [0.717, 1.165) is 28.5 Å². The first-order valence-corrected chi connectivity index (χ1v) is 11.2. The fourth-order valence-corrected chi connectivity index (χ4v) is 4.62. The van der Waals surface area contributed by atoms with Gasteiger partial charge in [-0.15, -0.1) is 0 Å². The smallest absolute Gasteiger partial charge is 0.174 e. The van der Waals surface area contributed by atoms with E-state index in [9.17, 15) is 4.39 Å². The number of ether oxygens (including phenoxy) is 1. The van der Waals surface area contributed by atoms with E-state index in [4.69, 9.17) is 17.0 Å². The topological polar surface area (TPSA) is 42.3 Å². The van der Waals surface area contributed by atoms with Gasteiger partial charge in [0, 0.05) is 29.5 Å². The summed E-state index contributed by atoms with van der Waals surface area (Å²) in [6, 6.07) is 24.0. The van der Waals surface area contributed by atoms with Crippen LogP contribution < -0.4 is 15.0 Å². The molecule has 5 nitrogen and oxygen atoms in total. The maximum atomic E-state index is 13.6. The van der Waals surface area contributed by atoms with Crippen molar-refractivity contribution < 1.29 is 9.13 Å². The number of hydrogen-bond donors (Lipinski definition) is 1. The van der Waals surface area contributed by atoms with E-state index < -0.39 is 0 Å². The second kappa shape index (κ2) is 9.03. The van der Waals surface area contributed by atoms with Crippen molar-refractivity contribution in [1.82, 2.24) is 14.9 Å². The second-order valence-corrected chi connectivity index (χ2v) is 8.09. The molecule has 0 radical (unpaired) electrons. The van der Waals surface area contributed by atoms with Crippen LogP contribution in [-0.4, -0.2) is 21.3 Å². The Hall–Kier alpha value is -3.71. The van der Waals surface area contributed by atoms with E-state index in [1.807, 2.05) is 61.7 Å². The minimum atomic E-state index is -0.265. The average Bonchev–Trinajstić information content (AvgIpc) is 3.45. The quantitative estimate of drug-likeness (QED) is 0.382. The van der Waals surface area contributed by atoms with Crippen LogP contribution in [0.4, 0.5) is 10.1 Å². The number of hydrogen-bond acceptors (Lipinski definition) is 3. The summed E-state index contributed by atoms with van der Waals surface area (Å²) in [5.74, 6) is 0.547. The zero-order valence-corrected chi connectivity index (χ0v) is 18.9. The van der Waals surface area contributed by atoms with Crippen LogP contribution in [0, 0.1) is 5.82 Å². The van der Waals surface area contributed by atoms with E-state index in [-0.39, 0.29) is 17.9 Å². The molecule has 1 saturated heterocycles. The normalized spacial score (nSPS) is 17.8. The summed E-state index contributed by atoms with van der Waals surface area (Å²) in [6.07, 6.45) is 3.77. The number of thiocarbonyl (C=S) groups is 1. The lowest BCUT2D eigenvalue weighted by Crippen LogP contribution is -2.30. The number of aromatic nitrogens is 2. The van der Waals surface area contributed by atoms with Gasteiger partial charge in [0.25, 0.3) is 0 Å². The molecular weight excluding hydrogens is 435 g/mol. The van der Waals surface area contributed by atoms with Crippen molar-refractivity contribution in [3.63, 3.8) is 0 Å². The molecule has 4 aromatic rings. The van der Waals surface area contributed by atoms with Gasteiger partial charge in [0.15, 0.2) is 5.11 Å². The van der Waals surface area contributed by atoms with Crippen LogP contribution in [0.5, 0.6) is 5.75 Å². The molecule has 1 aliphatic rings. The lowest BCUT2D eigenvalue weighted by atomic mass is 10.0. The largest absolute Gasteiger partial charge is 0.494 e. The van der Waals surface area contributed by atoms with Crippen molar-refractivity contribution in [3.8, 4) is 11.4 Å². The number of nitrogens with zero attached hydrogens (tertiary/aromatic N) is 3. The highest BCUT2D eigenvalue weighted by Gasteiger charge is 2.42. The molecule has 2 aromatic heterocycles. The first kappa shape index (κ1) is 21.2. The number of nitrogens with one attached hydrogen (secondary N) is 1. The van der Waals surface area contributed by atoms with Gasteiger partial charge in [0.1, 0.15) is 17.6 Å². The molecule has 2 atom stereocenters. The summed E-state index contributed by atoms with van der Waals surface area (Å²) < 4.78 is 21.3. The van der Waals surface area contributed by atoms with Crippen molar-refractivity contribution in [1.29, 1.82) is 0 Å². The van der Waals surface area contributed by atoms with Gasteiger partial charge in [-0.25, -0.2) is 4.39 Å². The van der Waals surface area contributed by atoms with Gasteiger partial charge in [-0.3, -0.25) is 4.98 Å². The van der Waals surface area contributed by atoms with E-state index in [2.05, 4.69) is 25.8 Å². The maximum Gasteiger partial charge on any atom is 0.174 e. The van der Waals surface area contributed by atoms with Crippen LogP contribution in [0.1, 0.15) is 30.4 Å². The van der Waals surface area contributed by atoms with Crippen molar-refractivity contribution in [2.24, 2.45) is 0 Å². The molecule has 1 aliphatic heterocycles. The Morgan fingerprint density at radius 1 is 0.970 bits per heavy atom. The standard InChI is InChI=1S/C26H23FN4OS/c1-2-32-21-14-12-20(13-15-21)31-25(24(29-26(31)33)22-6-3-4-16-28-22)23-7-5-17-30(23)19-10-8-18(27)9-11-19/h3-17,24-25H,2H2,1H3,(H,29,33)/t24-,25-/m1/s1. The van der Waals surface area contributed by atoms with Crippen LogP contribution in [0.25, 0.3) is 5.69 Å². The Morgan fingerprint density at radius 3 is 2.42 bits per heavy atom. The Labute approximate surface area is 197 Å². The molecule has 1 N–H and O–H groups in total. The highest BCUT2D eigenvalue weighted by molar-refractivity contribution is 7.80. The molecule has 33 heavy (non-hydrogen) atoms. The Morgan fingerprint density at radius 2 is 1.73 bits per heavy atom. The van der Waals surface area contributed by atoms with Gasteiger partial charge in [0.2, 0.25) is 0 Å². The van der Waals surface area contributed by atoms with Gasteiger partial charge in [-0.05, 0) is 91.9 Å². The number of anilines is 1. The lowest BCUT2D eigenvalue weighted by Gasteiger charge is -2.29. The molecule has 5 rings (SSSR count). The van der Waals surface area contributed by atoms with Gasteiger partial charge in [-0.2, -0.15) is 0 Å². The van der Waals surface area contributed by atoms with Gasteiger partial charge in [0.05, 0.1) is 18.3 Å². The highest BCUT2D eigenvalue weighted by Crippen LogP contribution is 2.42. The molecule has 3 heterocycles. The fourth-order valence-electron chi connectivity index (χ4n) is 4.28. The lowest BCUT2D eigenvalue weighted by molar-refractivity contribution is 0.340.